The van der Waals surface area contributed by atoms with Crippen molar-refractivity contribution in [3.05, 3.63) is 90.0 Å². The van der Waals surface area contributed by atoms with E-state index in [1.807, 2.05) is 78.9 Å². The van der Waals surface area contributed by atoms with Gasteiger partial charge in [0, 0.05) is 17.0 Å². The predicted octanol–water partition coefficient (Wildman–Crippen LogP) is 4.79. The van der Waals surface area contributed by atoms with E-state index in [1.54, 1.807) is 0 Å². The number of carbonyl (C=O) groups excluding carboxylic acids is 2. The van der Waals surface area contributed by atoms with E-state index in [-0.39, 0.29) is 18.2 Å². The van der Waals surface area contributed by atoms with Gasteiger partial charge in [0.1, 0.15) is 0 Å². The lowest BCUT2D eigenvalue weighted by molar-refractivity contribution is -0.120. The van der Waals surface area contributed by atoms with Gasteiger partial charge < -0.3 is 15.7 Å². The Morgan fingerprint density at radius 2 is 1.71 bits per heavy atom. The highest BCUT2D eigenvalue weighted by Crippen LogP contribution is 2.36. The molecule has 0 radical (unpaired) electrons. The molecule has 158 valence electrons. The summed E-state index contributed by atoms with van der Waals surface area (Å²) in [4.78, 5) is 25.7. The highest BCUT2D eigenvalue weighted by molar-refractivity contribution is 8.01. The lowest BCUT2D eigenvalue weighted by Gasteiger charge is -2.23. The van der Waals surface area contributed by atoms with Crippen LogP contribution in [0.15, 0.2) is 83.8 Å². The zero-order valence-corrected chi connectivity index (χ0v) is 17.8. The molecule has 0 aliphatic carbocycles. The Morgan fingerprint density at radius 1 is 1.00 bits per heavy atom. The van der Waals surface area contributed by atoms with Gasteiger partial charge >= 0.3 is 0 Å². The van der Waals surface area contributed by atoms with E-state index in [0.29, 0.717) is 12.1 Å². The minimum Gasteiger partial charge on any atom is -0.388 e. The molecular formula is C25H24N2O3S. The highest BCUT2D eigenvalue weighted by Gasteiger charge is 2.28. The largest absolute Gasteiger partial charge is 0.388 e. The third-order valence-corrected chi connectivity index (χ3v) is 6.48. The van der Waals surface area contributed by atoms with E-state index in [0.717, 1.165) is 28.1 Å². The second-order valence-corrected chi connectivity index (χ2v) is 8.75. The van der Waals surface area contributed by atoms with Crippen molar-refractivity contribution >= 4 is 35.0 Å². The van der Waals surface area contributed by atoms with Gasteiger partial charge in [-0.3, -0.25) is 9.59 Å². The van der Waals surface area contributed by atoms with Gasteiger partial charge in [0.2, 0.25) is 11.8 Å². The Kier molecular flexibility index (Phi) is 6.70. The summed E-state index contributed by atoms with van der Waals surface area (Å²) >= 11 is 1.42. The molecule has 0 unspecified atom stereocenters. The fraction of sp³-hybridized carbons (Fsp3) is 0.200. The third-order valence-electron chi connectivity index (χ3n) is 5.21. The number of aliphatic hydroxyl groups is 1. The quantitative estimate of drug-likeness (QED) is 0.501. The number of benzene rings is 3. The first-order chi connectivity index (χ1) is 15.1. The molecule has 3 N–H and O–H groups in total. The van der Waals surface area contributed by atoms with Crippen molar-refractivity contribution in [1.82, 2.24) is 0 Å². The van der Waals surface area contributed by atoms with Crippen LogP contribution in [0.5, 0.6) is 0 Å². The Hall–Kier alpha value is -3.09. The van der Waals surface area contributed by atoms with Gasteiger partial charge in [-0.2, -0.15) is 0 Å². The Balaban J connectivity index is 1.28. The molecule has 0 fully saturated rings. The lowest BCUT2D eigenvalue weighted by Crippen LogP contribution is -2.32. The number of aliphatic hydroxyl groups excluding tert-OH is 1. The van der Waals surface area contributed by atoms with Crippen molar-refractivity contribution in [2.24, 2.45) is 0 Å². The summed E-state index contributed by atoms with van der Waals surface area (Å²) in [7, 11) is 0. The number of amides is 2. The van der Waals surface area contributed by atoms with Gasteiger partial charge in [0.25, 0.3) is 0 Å². The summed E-state index contributed by atoms with van der Waals surface area (Å²) in [6.07, 6.45) is 0.980. The molecule has 0 aromatic heterocycles. The molecule has 2 atom stereocenters. The zero-order valence-electron chi connectivity index (χ0n) is 17.0. The monoisotopic (exact) mass is 432 g/mol. The number of fused-ring (bicyclic) bond motifs is 1. The molecular weight excluding hydrogens is 408 g/mol. The number of anilines is 2. The fourth-order valence-corrected chi connectivity index (χ4v) is 4.62. The van der Waals surface area contributed by atoms with E-state index in [4.69, 9.17) is 0 Å². The number of para-hydroxylation sites is 1. The number of thioether (sulfide) groups is 1. The molecule has 5 nitrogen and oxygen atoms in total. The van der Waals surface area contributed by atoms with Gasteiger partial charge in [-0.25, -0.2) is 0 Å². The Morgan fingerprint density at radius 3 is 2.48 bits per heavy atom. The molecule has 4 rings (SSSR count). The summed E-state index contributed by atoms with van der Waals surface area (Å²) in [5, 5.41) is 15.6. The van der Waals surface area contributed by atoms with Crippen molar-refractivity contribution in [2.75, 3.05) is 10.6 Å². The number of hydrogen-bond donors (Lipinski definition) is 3. The van der Waals surface area contributed by atoms with Crippen LogP contribution < -0.4 is 10.6 Å². The van der Waals surface area contributed by atoms with Crippen LogP contribution >= 0.6 is 11.8 Å². The maximum Gasteiger partial charge on any atom is 0.238 e. The fourth-order valence-electron chi connectivity index (χ4n) is 3.51. The zero-order chi connectivity index (χ0) is 21.6. The van der Waals surface area contributed by atoms with Crippen molar-refractivity contribution < 1.29 is 14.7 Å². The van der Waals surface area contributed by atoms with Gasteiger partial charge in [-0.15, -0.1) is 11.8 Å². The molecule has 0 saturated heterocycles. The normalized spacial score (nSPS) is 16.2. The molecule has 0 spiro atoms. The Labute approximate surface area is 185 Å². The number of hydrogen-bond acceptors (Lipinski definition) is 4. The topological polar surface area (TPSA) is 78.4 Å². The average Bonchev–Trinajstić information content (AvgIpc) is 2.79. The molecule has 1 aliphatic heterocycles. The van der Waals surface area contributed by atoms with Crippen LogP contribution in [-0.2, 0) is 16.0 Å². The van der Waals surface area contributed by atoms with Crippen molar-refractivity contribution in [3.63, 3.8) is 0 Å². The summed E-state index contributed by atoms with van der Waals surface area (Å²) in [5.41, 5.74) is 3.49. The SMILES string of the molecule is O=C(C[C@@H]1Sc2ccccc2NC1=O)Nc1ccc(CC[C@@H](O)c2ccccc2)cc1. The van der Waals surface area contributed by atoms with E-state index >= 15 is 0 Å². The first-order valence-corrected chi connectivity index (χ1v) is 11.1. The second kappa shape index (κ2) is 9.81. The van der Waals surface area contributed by atoms with Crippen LogP contribution in [0.25, 0.3) is 0 Å². The summed E-state index contributed by atoms with van der Waals surface area (Å²) in [6, 6.07) is 24.8. The van der Waals surface area contributed by atoms with Crippen LogP contribution in [0.4, 0.5) is 11.4 Å². The molecule has 0 saturated carbocycles. The van der Waals surface area contributed by atoms with Gasteiger partial charge in [-0.1, -0.05) is 54.6 Å². The lowest BCUT2D eigenvalue weighted by atomic mass is 10.0. The van der Waals surface area contributed by atoms with Crippen LogP contribution in [-0.4, -0.2) is 22.2 Å². The molecule has 6 heteroatoms. The van der Waals surface area contributed by atoms with E-state index in [2.05, 4.69) is 10.6 Å². The van der Waals surface area contributed by atoms with Crippen molar-refractivity contribution in [2.45, 2.75) is 35.5 Å². The summed E-state index contributed by atoms with van der Waals surface area (Å²) < 4.78 is 0. The number of aryl methyl sites for hydroxylation is 1. The van der Waals surface area contributed by atoms with Crippen molar-refractivity contribution in [1.29, 1.82) is 0 Å². The maximum absolute atomic E-state index is 12.5. The predicted molar refractivity (Wildman–Crippen MR) is 124 cm³/mol. The van der Waals surface area contributed by atoms with Gasteiger partial charge in [0.15, 0.2) is 0 Å². The standard InChI is InChI=1S/C25H24N2O3S/c28-21(18-6-2-1-3-7-18)15-12-17-10-13-19(14-11-17)26-24(29)16-23-25(30)27-20-8-4-5-9-22(20)31-23/h1-11,13-14,21,23,28H,12,15-16H2,(H,26,29)(H,27,30)/t21-,23+/m1/s1. The number of carbonyl (C=O) groups is 2. The van der Waals surface area contributed by atoms with Gasteiger partial charge in [0.05, 0.1) is 17.0 Å². The molecule has 3 aromatic rings. The first-order valence-electron chi connectivity index (χ1n) is 10.3. The van der Waals surface area contributed by atoms with Crippen LogP contribution in [0.2, 0.25) is 0 Å². The van der Waals surface area contributed by atoms with Gasteiger partial charge in [-0.05, 0) is 48.2 Å². The number of rotatable bonds is 7. The summed E-state index contributed by atoms with van der Waals surface area (Å²) in [6.45, 7) is 0. The molecule has 0 bridgehead atoms. The van der Waals surface area contributed by atoms with Crippen LogP contribution in [0, 0.1) is 0 Å². The van der Waals surface area contributed by atoms with E-state index in [1.165, 1.54) is 11.8 Å². The summed E-state index contributed by atoms with van der Waals surface area (Å²) in [5.74, 6) is -0.342. The molecule has 31 heavy (non-hydrogen) atoms. The first kappa shape index (κ1) is 21.2. The highest BCUT2D eigenvalue weighted by atomic mass is 32.2. The van der Waals surface area contributed by atoms with Crippen LogP contribution in [0.3, 0.4) is 0 Å². The minimum absolute atomic E-state index is 0.107. The van der Waals surface area contributed by atoms with Crippen LogP contribution in [0.1, 0.15) is 30.1 Å². The van der Waals surface area contributed by atoms with Crippen molar-refractivity contribution in [3.8, 4) is 0 Å². The third kappa shape index (κ3) is 5.54. The molecule has 1 aliphatic rings. The van der Waals surface area contributed by atoms with E-state index < -0.39 is 11.4 Å². The maximum atomic E-state index is 12.5. The Bertz CT molecular complexity index is 1050. The smallest absolute Gasteiger partial charge is 0.238 e. The second-order valence-electron chi connectivity index (χ2n) is 7.51. The molecule has 1 heterocycles. The molecule has 2 amide bonds. The number of nitrogens with one attached hydrogen (secondary N) is 2. The minimum atomic E-state index is -0.496. The molecule has 3 aromatic carbocycles. The van der Waals surface area contributed by atoms with E-state index in [9.17, 15) is 14.7 Å². The average molecular weight is 433 g/mol.